The van der Waals surface area contributed by atoms with Crippen LogP contribution in [-0.2, 0) is 17.9 Å². The summed E-state index contributed by atoms with van der Waals surface area (Å²) in [6.07, 6.45) is 2.00. The molecule has 7 heteroatoms. The quantitative estimate of drug-likeness (QED) is 0.599. The van der Waals surface area contributed by atoms with Crippen molar-refractivity contribution in [3.63, 3.8) is 0 Å². The Morgan fingerprint density at radius 1 is 1.11 bits per heavy atom. The average molecular weight is 370 g/mol. The standard InChI is InChI=1S/C20H22N2O5/c1-4-20(23)22(13-16-6-5-9-26-16)12-15-11-18(27-21-15)14-7-8-17(24-2)19(10-14)25-3/h5-11H,4,12-13H2,1-3H3. The molecular weight excluding hydrogens is 348 g/mol. The van der Waals surface area contributed by atoms with E-state index in [1.165, 1.54) is 0 Å². The predicted octanol–water partition coefficient (Wildman–Crippen LogP) is 3.89. The highest BCUT2D eigenvalue weighted by molar-refractivity contribution is 5.75. The summed E-state index contributed by atoms with van der Waals surface area (Å²) in [4.78, 5) is 14.0. The van der Waals surface area contributed by atoms with E-state index in [1.54, 1.807) is 37.5 Å². The summed E-state index contributed by atoms with van der Waals surface area (Å²) in [6, 6.07) is 11.0. The van der Waals surface area contributed by atoms with Crippen molar-refractivity contribution in [1.82, 2.24) is 10.1 Å². The lowest BCUT2D eigenvalue weighted by atomic mass is 10.1. The second-order valence-electron chi connectivity index (χ2n) is 5.93. The Morgan fingerprint density at radius 2 is 1.93 bits per heavy atom. The summed E-state index contributed by atoms with van der Waals surface area (Å²) in [6.45, 7) is 2.55. The number of ether oxygens (including phenoxy) is 2. The van der Waals surface area contributed by atoms with Crippen LogP contribution in [0.1, 0.15) is 24.8 Å². The maximum atomic E-state index is 12.3. The number of hydrogen-bond acceptors (Lipinski definition) is 6. The molecule has 0 radical (unpaired) electrons. The molecule has 142 valence electrons. The number of carbonyl (C=O) groups excluding carboxylic acids is 1. The van der Waals surface area contributed by atoms with Crippen molar-refractivity contribution in [2.24, 2.45) is 0 Å². The van der Waals surface area contributed by atoms with Crippen LogP contribution in [0.25, 0.3) is 11.3 Å². The van der Waals surface area contributed by atoms with Gasteiger partial charge < -0.3 is 23.3 Å². The summed E-state index contributed by atoms with van der Waals surface area (Å²) in [5.74, 6) is 2.57. The van der Waals surface area contributed by atoms with Gasteiger partial charge in [0.05, 0.1) is 33.6 Å². The van der Waals surface area contributed by atoms with E-state index < -0.39 is 0 Å². The minimum Gasteiger partial charge on any atom is -0.493 e. The van der Waals surface area contributed by atoms with E-state index in [4.69, 9.17) is 18.4 Å². The van der Waals surface area contributed by atoms with Crippen molar-refractivity contribution in [2.45, 2.75) is 26.4 Å². The van der Waals surface area contributed by atoms with Crippen molar-refractivity contribution in [3.8, 4) is 22.8 Å². The van der Waals surface area contributed by atoms with Crippen molar-refractivity contribution in [1.29, 1.82) is 0 Å². The Hall–Kier alpha value is -3.22. The van der Waals surface area contributed by atoms with Crippen LogP contribution in [0.15, 0.2) is 51.6 Å². The second kappa shape index (κ2) is 8.44. The number of rotatable bonds is 8. The molecule has 0 fully saturated rings. The Balaban J connectivity index is 1.78. The normalized spacial score (nSPS) is 10.6. The molecule has 1 aromatic carbocycles. The first-order valence-corrected chi connectivity index (χ1v) is 8.62. The molecule has 0 aliphatic carbocycles. The van der Waals surface area contributed by atoms with Crippen LogP contribution >= 0.6 is 0 Å². The maximum absolute atomic E-state index is 12.3. The van der Waals surface area contributed by atoms with Gasteiger partial charge in [0.15, 0.2) is 17.3 Å². The Kier molecular flexibility index (Phi) is 5.80. The van der Waals surface area contributed by atoms with Gasteiger partial charge in [0, 0.05) is 18.1 Å². The van der Waals surface area contributed by atoms with Crippen LogP contribution in [0.4, 0.5) is 0 Å². The highest BCUT2D eigenvalue weighted by Gasteiger charge is 2.17. The summed E-state index contributed by atoms with van der Waals surface area (Å²) < 4.78 is 21.4. The first-order valence-electron chi connectivity index (χ1n) is 8.62. The molecule has 0 bridgehead atoms. The number of methoxy groups -OCH3 is 2. The lowest BCUT2D eigenvalue weighted by Gasteiger charge is -2.19. The zero-order valence-electron chi connectivity index (χ0n) is 15.6. The summed E-state index contributed by atoms with van der Waals surface area (Å²) in [5.41, 5.74) is 1.47. The molecule has 2 heterocycles. The zero-order valence-corrected chi connectivity index (χ0v) is 15.6. The maximum Gasteiger partial charge on any atom is 0.223 e. The fourth-order valence-corrected chi connectivity index (χ4v) is 2.75. The average Bonchev–Trinajstić information content (AvgIpc) is 3.38. The van der Waals surface area contributed by atoms with Gasteiger partial charge in [0.25, 0.3) is 0 Å². The third-order valence-corrected chi connectivity index (χ3v) is 4.16. The van der Waals surface area contributed by atoms with Crippen LogP contribution in [0.5, 0.6) is 11.5 Å². The SMILES string of the molecule is CCC(=O)N(Cc1cc(-c2ccc(OC)c(OC)c2)on1)Cc1ccco1. The molecular formula is C20H22N2O5. The third kappa shape index (κ3) is 4.31. The highest BCUT2D eigenvalue weighted by Crippen LogP contribution is 2.32. The van der Waals surface area contributed by atoms with Crippen LogP contribution in [0, 0.1) is 0 Å². The van der Waals surface area contributed by atoms with Gasteiger partial charge >= 0.3 is 0 Å². The number of nitrogens with zero attached hydrogens (tertiary/aromatic N) is 2. The third-order valence-electron chi connectivity index (χ3n) is 4.16. The Bertz CT molecular complexity index is 886. The molecule has 0 aliphatic rings. The van der Waals surface area contributed by atoms with Gasteiger partial charge in [-0.05, 0) is 30.3 Å². The molecule has 0 spiro atoms. The first-order chi connectivity index (χ1) is 13.1. The van der Waals surface area contributed by atoms with Gasteiger partial charge in [-0.1, -0.05) is 12.1 Å². The zero-order chi connectivity index (χ0) is 19.2. The minimum atomic E-state index is 0.0158. The molecule has 0 unspecified atom stereocenters. The lowest BCUT2D eigenvalue weighted by molar-refractivity contribution is -0.132. The van der Waals surface area contributed by atoms with E-state index in [9.17, 15) is 4.79 Å². The van der Waals surface area contributed by atoms with Gasteiger partial charge in [-0.2, -0.15) is 0 Å². The smallest absolute Gasteiger partial charge is 0.223 e. The summed E-state index contributed by atoms with van der Waals surface area (Å²) in [7, 11) is 3.17. The number of benzene rings is 1. The largest absolute Gasteiger partial charge is 0.493 e. The van der Waals surface area contributed by atoms with Gasteiger partial charge in [-0.15, -0.1) is 0 Å². The van der Waals surface area contributed by atoms with Gasteiger partial charge in [0.1, 0.15) is 11.5 Å². The van der Waals surface area contributed by atoms with E-state index in [0.29, 0.717) is 42.5 Å². The van der Waals surface area contributed by atoms with Crippen molar-refractivity contribution >= 4 is 5.91 Å². The minimum absolute atomic E-state index is 0.0158. The lowest BCUT2D eigenvalue weighted by Crippen LogP contribution is -2.29. The van der Waals surface area contributed by atoms with E-state index in [1.807, 2.05) is 31.2 Å². The highest BCUT2D eigenvalue weighted by atomic mass is 16.5. The molecule has 0 aliphatic heterocycles. The molecule has 27 heavy (non-hydrogen) atoms. The number of amides is 1. The Labute approximate surface area is 157 Å². The van der Waals surface area contributed by atoms with Gasteiger partial charge in [0.2, 0.25) is 5.91 Å². The van der Waals surface area contributed by atoms with Crippen molar-refractivity contribution in [2.75, 3.05) is 14.2 Å². The molecule has 0 N–H and O–H groups in total. The molecule has 3 rings (SSSR count). The number of aromatic nitrogens is 1. The number of carbonyl (C=O) groups is 1. The number of hydrogen-bond donors (Lipinski definition) is 0. The van der Waals surface area contributed by atoms with Crippen molar-refractivity contribution < 1.29 is 23.2 Å². The molecule has 0 atom stereocenters. The van der Waals surface area contributed by atoms with E-state index >= 15 is 0 Å². The van der Waals surface area contributed by atoms with Crippen LogP contribution < -0.4 is 9.47 Å². The van der Waals surface area contributed by atoms with Crippen LogP contribution in [0.3, 0.4) is 0 Å². The van der Waals surface area contributed by atoms with E-state index in [-0.39, 0.29) is 5.91 Å². The first kappa shape index (κ1) is 18.6. The molecule has 1 amide bonds. The van der Waals surface area contributed by atoms with Crippen LogP contribution in [0.2, 0.25) is 0 Å². The monoisotopic (exact) mass is 370 g/mol. The van der Waals surface area contributed by atoms with Crippen molar-refractivity contribution in [3.05, 3.63) is 54.1 Å². The Morgan fingerprint density at radius 3 is 2.59 bits per heavy atom. The predicted molar refractivity (Wildman–Crippen MR) is 98.3 cm³/mol. The van der Waals surface area contributed by atoms with Gasteiger partial charge in [-0.3, -0.25) is 4.79 Å². The number of furan rings is 1. The topological polar surface area (TPSA) is 77.9 Å². The molecule has 3 aromatic rings. The fraction of sp³-hybridized carbons (Fsp3) is 0.300. The second-order valence-corrected chi connectivity index (χ2v) is 5.93. The molecule has 2 aromatic heterocycles. The van der Waals surface area contributed by atoms with E-state index in [2.05, 4.69) is 5.16 Å². The van der Waals surface area contributed by atoms with E-state index in [0.717, 1.165) is 11.3 Å². The molecule has 0 saturated heterocycles. The van der Waals surface area contributed by atoms with Gasteiger partial charge in [-0.25, -0.2) is 0 Å². The molecule has 7 nitrogen and oxygen atoms in total. The summed E-state index contributed by atoms with van der Waals surface area (Å²) in [5, 5.41) is 4.10. The fourth-order valence-electron chi connectivity index (χ4n) is 2.75. The van der Waals surface area contributed by atoms with Crippen LogP contribution in [-0.4, -0.2) is 30.2 Å². The molecule has 0 saturated carbocycles. The summed E-state index contributed by atoms with van der Waals surface area (Å²) >= 11 is 0.